The molecule has 0 bridgehead atoms. The van der Waals surface area contributed by atoms with Gasteiger partial charge in [-0.25, -0.2) is 9.78 Å². The van der Waals surface area contributed by atoms with Gasteiger partial charge in [0.2, 0.25) is 5.75 Å². The molecule has 4 nitrogen and oxygen atoms in total. The van der Waals surface area contributed by atoms with Crippen LogP contribution in [0.5, 0.6) is 5.75 Å². The average Bonchev–Trinajstić information content (AvgIpc) is 2.18. The Kier molecular flexibility index (Phi) is 3.64. The molecular weight excluding hydrogens is 213 g/mol. The van der Waals surface area contributed by atoms with Crippen LogP contribution in [0.1, 0.15) is 17.4 Å². The second kappa shape index (κ2) is 4.76. The van der Waals surface area contributed by atoms with Gasteiger partial charge in [0.05, 0.1) is 6.61 Å². The predicted octanol–water partition coefficient (Wildman–Crippen LogP) is 2.17. The molecule has 0 aromatic carbocycles. The molecule has 0 aliphatic carbocycles. The molecule has 14 heavy (non-hydrogen) atoms. The van der Waals surface area contributed by atoms with Gasteiger partial charge in [-0.3, -0.25) is 4.94 Å². The minimum atomic E-state index is -0.775. The highest BCUT2D eigenvalue weighted by atomic mass is 35.5. The largest absolute Gasteiger partial charge is 0.461 e. The van der Waals surface area contributed by atoms with Gasteiger partial charge in [0.1, 0.15) is 5.15 Å². The van der Waals surface area contributed by atoms with E-state index in [4.69, 9.17) is 11.6 Å². The molecule has 0 radical (unpaired) electrons. The molecule has 1 heterocycles. The van der Waals surface area contributed by atoms with Gasteiger partial charge in [-0.1, -0.05) is 11.6 Å². The van der Waals surface area contributed by atoms with Gasteiger partial charge in [-0.2, -0.15) is 0 Å². The second-order valence-corrected chi connectivity index (χ2v) is 2.67. The van der Waals surface area contributed by atoms with Crippen molar-refractivity contribution in [1.82, 2.24) is 4.98 Å². The number of hydrogen-bond donors (Lipinski definition) is 0. The number of esters is 1. The summed E-state index contributed by atoms with van der Waals surface area (Å²) in [5.74, 6) is -1.09. The zero-order chi connectivity index (χ0) is 10.6. The standard InChI is InChI=1S/C8H7ClFNO3/c1-2-13-8(12)7-5(14-10)3-4-6(9)11-7/h3-4H,2H2,1H3. The first-order valence-corrected chi connectivity index (χ1v) is 4.19. The SMILES string of the molecule is CCOC(=O)c1nc(Cl)ccc1OF. The summed E-state index contributed by atoms with van der Waals surface area (Å²) in [7, 11) is 0. The molecule has 1 rings (SSSR count). The van der Waals surface area contributed by atoms with E-state index >= 15 is 0 Å². The number of ether oxygens (including phenoxy) is 1. The van der Waals surface area contributed by atoms with E-state index in [2.05, 4.69) is 14.7 Å². The average molecular weight is 220 g/mol. The Morgan fingerprint density at radius 3 is 2.93 bits per heavy atom. The molecule has 0 atom stereocenters. The number of hydrogen-bond acceptors (Lipinski definition) is 4. The second-order valence-electron chi connectivity index (χ2n) is 2.28. The van der Waals surface area contributed by atoms with Gasteiger partial charge in [-0.15, -0.1) is 0 Å². The van der Waals surface area contributed by atoms with E-state index in [0.717, 1.165) is 0 Å². The van der Waals surface area contributed by atoms with Gasteiger partial charge in [-0.05, 0) is 19.1 Å². The van der Waals surface area contributed by atoms with Crippen LogP contribution in [-0.4, -0.2) is 17.6 Å². The van der Waals surface area contributed by atoms with Crippen LogP contribution in [0.25, 0.3) is 0 Å². The van der Waals surface area contributed by atoms with Crippen molar-refractivity contribution >= 4 is 17.6 Å². The van der Waals surface area contributed by atoms with Gasteiger partial charge < -0.3 is 4.74 Å². The van der Waals surface area contributed by atoms with Gasteiger partial charge in [0, 0.05) is 4.53 Å². The molecule has 0 saturated carbocycles. The van der Waals surface area contributed by atoms with E-state index in [1.165, 1.54) is 12.1 Å². The van der Waals surface area contributed by atoms with Crippen molar-refractivity contribution in [2.24, 2.45) is 0 Å². The molecule has 0 spiro atoms. The highest BCUT2D eigenvalue weighted by Gasteiger charge is 2.17. The topological polar surface area (TPSA) is 48.4 Å². The van der Waals surface area contributed by atoms with Crippen molar-refractivity contribution in [2.45, 2.75) is 6.92 Å². The summed E-state index contributed by atoms with van der Waals surface area (Å²) in [5, 5.41) is 0.0638. The smallest absolute Gasteiger partial charge is 0.361 e. The Bertz CT molecular complexity index is 345. The molecule has 6 heteroatoms. The number of nitrogens with zero attached hydrogens (tertiary/aromatic N) is 1. The lowest BCUT2D eigenvalue weighted by Gasteiger charge is -2.03. The summed E-state index contributed by atoms with van der Waals surface area (Å²) in [6.07, 6.45) is 0. The molecule has 1 aromatic heterocycles. The Hall–Kier alpha value is -1.36. The minimum absolute atomic E-state index is 0.0638. The Morgan fingerprint density at radius 2 is 2.36 bits per heavy atom. The number of pyridine rings is 1. The number of aromatic nitrogens is 1. The molecule has 0 aliphatic rings. The van der Waals surface area contributed by atoms with E-state index in [0.29, 0.717) is 0 Å². The lowest BCUT2D eigenvalue weighted by Crippen LogP contribution is -2.08. The molecular formula is C8H7ClFNO3. The number of carbonyl (C=O) groups excluding carboxylic acids is 1. The van der Waals surface area contributed by atoms with Crippen LogP contribution in [0.15, 0.2) is 12.1 Å². The third-order valence-corrected chi connectivity index (χ3v) is 1.59. The monoisotopic (exact) mass is 219 g/mol. The Balaban J connectivity index is 3.03. The third-order valence-electron chi connectivity index (χ3n) is 1.38. The van der Waals surface area contributed by atoms with Gasteiger partial charge in [0.15, 0.2) is 5.69 Å². The summed E-state index contributed by atoms with van der Waals surface area (Å²) in [6.45, 7) is 1.79. The summed E-state index contributed by atoms with van der Waals surface area (Å²) in [6, 6.07) is 2.50. The molecule has 1 aromatic rings. The van der Waals surface area contributed by atoms with Crippen molar-refractivity contribution in [3.63, 3.8) is 0 Å². The van der Waals surface area contributed by atoms with E-state index < -0.39 is 5.97 Å². The minimum Gasteiger partial charge on any atom is -0.461 e. The van der Waals surface area contributed by atoms with E-state index in [1.807, 2.05) is 0 Å². The quantitative estimate of drug-likeness (QED) is 0.578. The first-order valence-electron chi connectivity index (χ1n) is 3.81. The predicted molar refractivity (Wildman–Crippen MR) is 46.9 cm³/mol. The van der Waals surface area contributed by atoms with Gasteiger partial charge >= 0.3 is 5.97 Å². The molecule has 0 saturated heterocycles. The summed E-state index contributed by atoms with van der Waals surface area (Å²) >= 11 is 5.52. The maximum absolute atomic E-state index is 11.9. The van der Waals surface area contributed by atoms with Crippen LogP contribution in [0.2, 0.25) is 5.15 Å². The molecule has 0 amide bonds. The third kappa shape index (κ3) is 2.32. The van der Waals surface area contributed by atoms with Crippen LogP contribution < -0.4 is 4.94 Å². The van der Waals surface area contributed by atoms with Gasteiger partial charge in [0.25, 0.3) is 0 Å². The Morgan fingerprint density at radius 1 is 1.64 bits per heavy atom. The highest BCUT2D eigenvalue weighted by molar-refractivity contribution is 6.29. The maximum atomic E-state index is 11.9. The number of halogens is 2. The lowest BCUT2D eigenvalue weighted by molar-refractivity contribution is -0.00900. The summed E-state index contributed by atoms with van der Waals surface area (Å²) < 4.78 is 16.5. The van der Waals surface area contributed by atoms with Crippen molar-refractivity contribution in [1.29, 1.82) is 0 Å². The van der Waals surface area contributed by atoms with Crippen LogP contribution in [0.4, 0.5) is 4.53 Å². The normalized spacial score (nSPS) is 9.64. The Labute approximate surface area is 84.5 Å². The number of carbonyl (C=O) groups is 1. The maximum Gasteiger partial charge on any atom is 0.361 e. The molecule has 76 valence electrons. The number of rotatable bonds is 3. The van der Waals surface area contributed by atoms with Crippen LogP contribution >= 0.6 is 11.6 Å². The fourth-order valence-electron chi connectivity index (χ4n) is 0.831. The summed E-state index contributed by atoms with van der Waals surface area (Å²) in [5.41, 5.74) is -0.276. The van der Waals surface area contributed by atoms with Crippen molar-refractivity contribution in [3.8, 4) is 5.75 Å². The van der Waals surface area contributed by atoms with Crippen LogP contribution in [0.3, 0.4) is 0 Å². The fourth-order valence-corrected chi connectivity index (χ4v) is 0.978. The van der Waals surface area contributed by atoms with E-state index in [-0.39, 0.29) is 23.2 Å². The van der Waals surface area contributed by atoms with Crippen molar-refractivity contribution < 1.29 is 19.0 Å². The molecule has 0 aliphatic heterocycles. The zero-order valence-corrected chi connectivity index (χ0v) is 8.05. The van der Waals surface area contributed by atoms with Crippen molar-refractivity contribution in [2.75, 3.05) is 6.61 Å². The zero-order valence-electron chi connectivity index (χ0n) is 7.29. The van der Waals surface area contributed by atoms with Crippen molar-refractivity contribution in [3.05, 3.63) is 23.0 Å². The van der Waals surface area contributed by atoms with Crippen LogP contribution in [-0.2, 0) is 4.74 Å². The first kappa shape index (κ1) is 10.7. The highest BCUT2D eigenvalue weighted by Crippen LogP contribution is 2.20. The fraction of sp³-hybridized carbons (Fsp3) is 0.250. The van der Waals surface area contributed by atoms with E-state index in [1.54, 1.807) is 6.92 Å². The molecule has 0 unspecified atom stereocenters. The lowest BCUT2D eigenvalue weighted by atomic mass is 10.3. The molecule has 0 N–H and O–H groups in total. The molecule has 0 fully saturated rings. The van der Waals surface area contributed by atoms with Crippen LogP contribution in [0, 0.1) is 0 Å². The summed E-state index contributed by atoms with van der Waals surface area (Å²) in [4.78, 5) is 18.2. The van der Waals surface area contributed by atoms with E-state index in [9.17, 15) is 9.32 Å². The first-order chi connectivity index (χ1) is 6.69.